The van der Waals surface area contributed by atoms with Gasteiger partial charge in [0.25, 0.3) is 0 Å². The number of amides is 2. The summed E-state index contributed by atoms with van der Waals surface area (Å²) in [6.07, 6.45) is 2.72. The topological polar surface area (TPSA) is 49.4 Å². The molecule has 2 atom stereocenters. The number of piperazine rings is 1. The highest BCUT2D eigenvalue weighted by Gasteiger charge is 2.47. The van der Waals surface area contributed by atoms with Crippen molar-refractivity contribution in [1.82, 2.24) is 10.2 Å². The lowest BCUT2D eigenvalue weighted by atomic mass is 10.0. The molecule has 2 amide bonds. The standard InChI is InChI=1S/C16H19BrN2O2/c1-2-13-16(21)19(9-10-3-7-12(17)8-4-10)14(11-5-6-11)15(20)18-13/h3-4,7-8,11,13-14H,2,5-6,9H2,1H3,(H,18,20). The fraction of sp³-hybridized carbons (Fsp3) is 0.500. The van der Waals surface area contributed by atoms with Gasteiger partial charge in [-0.2, -0.15) is 0 Å². The van der Waals surface area contributed by atoms with E-state index in [4.69, 9.17) is 0 Å². The molecule has 112 valence electrons. The van der Waals surface area contributed by atoms with E-state index in [9.17, 15) is 9.59 Å². The van der Waals surface area contributed by atoms with Crippen molar-refractivity contribution < 1.29 is 9.59 Å². The van der Waals surface area contributed by atoms with Crippen LogP contribution in [0.15, 0.2) is 28.7 Å². The smallest absolute Gasteiger partial charge is 0.246 e. The average Bonchev–Trinajstić information content (AvgIpc) is 3.29. The zero-order valence-electron chi connectivity index (χ0n) is 12.0. The van der Waals surface area contributed by atoms with Gasteiger partial charge in [0, 0.05) is 11.0 Å². The maximum atomic E-state index is 12.6. The van der Waals surface area contributed by atoms with Gasteiger partial charge in [0.05, 0.1) is 0 Å². The molecule has 1 aliphatic carbocycles. The lowest BCUT2D eigenvalue weighted by molar-refractivity contribution is -0.151. The van der Waals surface area contributed by atoms with Crippen LogP contribution in [0.25, 0.3) is 0 Å². The number of carbonyl (C=O) groups is 2. The van der Waals surface area contributed by atoms with Gasteiger partial charge < -0.3 is 10.2 Å². The minimum absolute atomic E-state index is 0.0149. The van der Waals surface area contributed by atoms with Crippen LogP contribution in [0.5, 0.6) is 0 Å². The Morgan fingerprint density at radius 1 is 1.24 bits per heavy atom. The third-order valence-electron chi connectivity index (χ3n) is 4.25. The van der Waals surface area contributed by atoms with Crippen molar-refractivity contribution in [3.05, 3.63) is 34.3 Å². The second-order valence-corrected chi connectivity index (χ2v) is 6.76. The average molecular weight is 351 g/mol. The maximum absolute atomic E-state index is 12.6. The van der Waals surface area contributed by atoms with Crippen LogP contribution in [0, 0.1) is 5.92 Å². The molecule has 0 spiro atoms. The van der Waals surface area contributed by atoms with Gasteiger partial charge in [0.2, 0.25) is 11.8 Å². The van der Waals surface area contributed by atoms with Crippen LogP contribution in [-0.2, 0) is 16.1 Å². The summed E-state index contributed by atoms with van der Waals surface area (Å²) < 4.78 is 1.01. The second-order valence-electron chi connectivity index (χ2n) is 5.84. The van der Waals surface area contributed by atoms with E-state index in [0.29, 0.717) is 18.9 Å². The van der Waals surface area contributed by atoms with Crippen molar-refractivity contribution in [2.75, 3.05) is 0 Å². The van der Waals surface area contributed by atoms with E-state index in [1.54, 1.807) is 4.90 Å². The lowest BCUT2D eigenvalue weighted by Gasteiger charge is -2.39. The lowest BCUT2D eigenvalue weighted by Crippen LogP contribution is -2.63. The van der Waals surface area contributed by atoms with Crippen LogP contribution in [0.2, 0.25) is 0 Å². The third-order valence-corrected chi connectivity index (χ3v) is 4.77. The molecule has 3 rings (SSSR count). The van der Waals surface area contributed by atoms with E-state index in [2.05, 4.69) is 21.2 Å². The Labute approximate surface area is 133 Å². The summed E-state index contributed by atoms with van der Waals surface area (Å²) in [5.41, 5.74) is 1.06. The molecule has 2 aliphatic rings. The first-order valence-corrected chi connectivity index (χ1v) is 8.24. The summed E-state index contributed by atoms with van der Waals surface area (Å²) in [5.74, 6) is 0.403. The molecule has 1 aliphatic heterocycles. The number of rotatable bonds is 4. The normalized spacial score (nSPS) is 25.9. The van der Waals surface area contributed by atoms with Crippen molar-refractivity contribution >= 4 is 27.7 Å². The van der Waals surface area contributed by atoms with Crippen molar-refractivity contribution in [2.24, 2.45) is 5.92 Å². The molecule has 4 nitrogen and oxygen atoms in total. The van der Waals surface area contributed by atoms with Gasteiger partial charge in [0.15, 0.2) is 0 Å². The summed E-state index contributed by atoms with van der Waals surface area (Å²) in [7, 11) is 0. The van der Waals surface area contributed by atoms with E-state index in [0.717, 1.165) is 22.9 Å². The predicted molar refractivity (Wildman–Crippen MR) is 83.4 cm³/mol. The molecule has 1 heterocycles. The highest BCUT2D eigenvalue weighted by Crippen LogP contribution is 2.37. The van der Waals surface area contributed by atoms with Crippen molar-refractivity contribution in [2.45, 2.75) is 44.8 Å². The Morgan fingerprint density at radius 2 is 1.90 bits per heavy atom. The van der Waals surface area contributed by atoms with E-state index < -0.39 is 0 Å². The number of halogens is 1. The first kappa shape index (κ1) is 14.6. The number of benzene rings is 1. The Morgan fingerprint density at radius 3 is 2.48 bits per heavy atom. The molecule has 21 heavy (non-hydrogen) atoms. The molecule has 2 unspecified atom stereocenters. The Bertz CT molecular complexity index is 554. The van der Waals surface area contributed by atoms with Crippen LogP contribution in [0.4, 0.5) is 0 Å². The van der Waals surface area contributed by atoms with Gasteiger partial charge in [0.1, 0.15) is 12.1 Å². The van der Waals surface area contributed by atoms with Crippen LogP contribution >= 0.6 is 15.9 Å². The van der Waals surface area contributed by atoms with Crippen molar-refractivity contribution in [1.29, 1.82) is 0 Å². The molecule has 0 aromatic heterocycles. The summed E-state index contributed by atoms with van der Waals surface area (Å²) in [5, 5.41) is 2.87. The molecule has 0 radical (unpaired) electrons. The molecule has 5 heteroatoms. The van der Waals surface area contributed by atoms with E-state index >= 15 is 0 Å². The molecular weight excluding hydrogens is 332 g/mol. The summed E-state index contributed by atoms with van der Waals surface area (Å²) in [4.78, 5) is 26.7. The van der Waals surface area contributed by atoms with Crippen LogP contribution in [0.1, 0.15) is 31.7 Å². The fourth-order valence-corrected chi connectivity index (χ4v) is 3.18. The zero-order chi connectivity index (χ0) is 15.0. The minimum Gasteiger partial charge on any atom is -0.343 e. The number of carbonyl (C=O) groups excluding carboxylic acids is 2. The fourth-order valence-electron chi connectivity index (χ4n) is 2.92. The Kier molecular flexibility index (Phi) is 4.02. The molecule has 2 fully saturated rings. The molecule has 1 saturated carbocycles. The first-order valence-electron chi connectivity index (χ1n) is 7.45. The zero-order valence-corrected chi connectivity index (χ0v) is 13.6. The molecular formula is C16H19BrN2O2. The van der Waals surface area contributed by atoms with Gasteiger partial charge in [-0.1, -0.05) is 35.0 Å². The predicted octanol–water partition coefficient (Wildman–Crippen LogP) is 2.46. The van der Waals surface area contributed by atoms with Crippen LogP contribution in [0.3, 0.4) is 0 Å². The monoisotopic (exact) mass is 350 g/mol. The SMILES string of the molecule is CCC1NC(=O)C(C2CC2)N(Cc2ccc(Br)cc2)C1=O. The maximum Gasteiger partial charge on any atom is 0.246 e. The molecule has 0 bridgehead atoms. The molecule has 1 aromatic rings. The quantitative estimate of drug-likeness (QED) is 0.906. The highest BCUT2D eigenvalue weighted by atomic mass is 79.9. The minimum atomic E-state index is -0.372. The van der Waals surface area contributed by atoms with E-state index in [1.165, 1.54) is 0 Å². The Hall–Kier alpha value is -1.36. The van der Waals surface area contributed by atoms with Gasteiger partial charge in [-0.25, -0.2) is 0 Å². The van der Waals surface area contributed by atoms with Crippen LogP contribution in [-0.4, -0.2) is 28.8 Å². The van der Waals surface area contributed by atoms with E-state index in [1.807, 2.05) is 31.2 Å². The van der Waals surface area contributed by atoms with Crippen molar-refractivity contribution in [3.8, 4) is 0 Å². The summed E-state index contributed by atoms with van der Waals surface area (Å²) in [6, 6.07) is 7.26. The largest absolute Gasteiger partial charge is 0.343 e. The first-order chi connectivity index (χ1) is 10.1. The molecule has 1 aromatic carbocycles. The van der Waals surface area contributed by atoms with Crippen LogP contribution < -0.4 is 5.32 Å². The van der Waals surface area contributed by atoms with Gasteiger partial charge in [-0.15, -0.1) is 0 Å². The number of hydrogen-bond donors (Lipinski definition) is 1. The third kappa shape index (κ3) is 2.98. The van der Waals surface area contributed by atoms with Gasteiger partial charge in [-0.05, 0) is 42.9 Å². The van der Waals surface area contributed by atoms with E-state index in [-0.39, 0.29) is 23.9 Å². The number of nitrogens with one attached hydrogen (secondary N) is 1. The highest BCUT2D eigenvalue weighted by molar-refractivity contribution is 9.10. The van der Waals surface area contributed by atoms with Crippen molar-refractivity contribution in [3.63, 3.8) is 0 Å². The Balaban J connectivity index is 1.84. The number of hydrogen-bond acceptors (Lipinski definition) is 2. The van der Waals surface area contributed by atoms with Gasteiger partial charge in [-0.3, -0.25) is 9.59 Å². The second kappa shape index (κ2) is 5.79. The molecule has 1 N–H and O–H groups in total. The summed E-state index contributed by atoms with van der Waals surface area (Å²) in [6.45, 7) is 2.44. The van der Waals surface area contributed by atoms with Gasteiger partial charge >= 0.3 is 0 Å². The number of nitrogens with zero attached hydrogens (tertiary/aromatic N) is 1. The summed E-state index contributed by atoms with van der Waals surface area (Å²) >= 11 is 3.41. The molecule has 1 saturated heterocycles.